The molecular formula is C18H26ClNO6P+. The molecule has 0 radical (unpaired) electrons. The standard InChI is InChI=1S/C18H25ClNO6P/c1-12(25-16(21)18(2,3)4)26-17(22)20-15(10-11-24-27(5)23)13-6-8-14(19)9-7-13/h6-9,12,15H,10-11H2,1-5H3/p+1. The molecule has 0 aliphatic rings. The van der Waals surface area contributed by atoms with Crippen molar-refractivity contribution in [3.63, 3.8) is 0 Å². The Morgan fingerprint density at radius 3 is 2.30 bits per heavy atom. The summed E-state index contributed by atoms with van der Waals surface area (Å²) < 4.78 is 26.4. The summed E-state index contributed by atoms with van der Waals surface area (Å²) in [4.78, 5) is 24.0. The molecule has 0 spiro atoms. The van der Waals surface area contributed by atoms with Gasteiger partial charge < -0.3 is 14.8 Å². The van der Waals surface area contributed by atoms with Gasteiger partial charge in [-0.05, 0) is 43.0 Å². The maximum absolute atomic E-state index is 12.2. The molecule has 0 aromatic heterocycles. The van der Waals surface area contributed by atoms with E-state index >= 15 is 0 Å². The Kier molecular flexibility index (Phi) is 9.16. The zero-order chi connectivity index (χ0) is 20.6. The van der Waals surface area contributed by atoms with Gasteiger partial charge in [-0.1, -0.05) is 23.7 Å². The van der Waals surface area contributed by atoms with Crippen molar-refractivity contribution in [1.29, 1.82) is 0 Å². The number of alkyl carbamates (subject to hydrolysis) is 1. The highest BCUT2D eigenvalue weighted by atomic mass is 35.5. The molecule has 27 heavy (non-hydrogen) atoms. The molecule has 0 bridgehead atoms. The first-order chi connectivity index (χ1) is 12.5. The van der Waals surface area contributed by atoms with E-state index in [-0.39, 0.29) is 6.61 Å². The summed E-state index contributed by atoms with van der Waals surface area (Å²) in [5, 5.41) is 3.26. The first kappa shape index (κ1) is 23.3. The summed E-state index contributed by atoms with van der Waals surface area (Å²) in [6.45, 7) is 8.23. The lowest BCUT2D eigenvalue weighted by Crippen LogP contribution is -2.35. The molecule has 0 saturated carbocycles. The van der Waals surface area contributed by atoms with Crippen molar-refractivity contribution in [3.05, 3.63) is 34.9 Å². The first-order valence-electron chi connectivity index (χ1n) is 8.46. The van der Waals surface area contributed by atoms with E-state index in [2.05, 4.69) is 5.32 Å². The second kappa shape index (κ2) is 10.6. The summed E-state index contributed by atoms with van der Waals surface area (Å²) in [5.74, 6) is -0.475. The van der Waals surface area contributed by atoms with E-state index in [9.17, 15) is 14.2 Å². The predicted molar refractivity (Wildman–Crippen MR) is 103 cm³/mol. The highest BCUT2D eigenvalue weighted by Gasteiger charge is 2.26. The van der Waals surface area contributed by atoms with Crippen molar-refractivity contribution in [2.75, 3.05) is 13.3 Å². The molecule has 9 heteroatoms. The molecule has 0 aliphatic carbocycles. The molecule has 0 saturated heterocycles. The summed E-state index contributed by atoms with van der Waals surface area (Å²) in [6.07, 6.45) is -1.41. The number of carbonyl (C=O) groups excluding carboxylic acids is 2. The molecule has 0 aliphatic heterocycles. The van der Waals surface area contributed by atoms with Gasteiger partial charge in [0.2, 0.25) is 6.29 Å². The van der Waals surface area contributed by atoms with Crippen LogP contribution >= 0.6 is 19.6 Å². The molecule has 0 fully saturated rings. The molecule has 1 aromatic carbocycles. The Morgan fingerprint density at radius 2 is 1.78 bits per heavy atom. The van der Waals surface area contributed by atoms with Gasteiger partial charge in [0.25, 0.3) is 0 Å². The van der Waals surface area contributed by atoms with Crippen LogP contribution in [-0.4, -0.2) is 31.6 Å². The van der Waals surface area contributed by atoms with Crippen LogP contribution in [0.25, 0.3) is 0 Å². The Balaban J connectivity index is 2.70. The van der Waals surface area contributed by atoms with Gasteiger partial charge in [-0.15, -0.1) is 4.52 Å². The van der Waals surface area contributed by atoms with Crippen LogP contribution in [0.5, 0.6) is 0 Å². The molecule has 1 aromatic rings. The minimum atomic E-state index is -1.73. The third-order valence-electron chi connectivity index (χ3n) is 3.40. The van der Waals surface area contributed by atoms with E-state index in [4.69, 9.17) is 25.6 Å². The van der Waals surface area contributed by atoms with E-state index in [1.54, 1.807) is 45.0 Å². The number of hydrogen-bond donors (Lipinski definition) is 1. The van der Waals surface area contributed by atoms with Crippen LogP contribution in [0.2, 0.25) is 5.02 Å². The first-order valence-corrected chi connectivity index (χ1v) is 10.5. The Hall–Kier alpha value is -1.69. The van der Waals surface area contributed by atoms with Crippen molar-refractivity contribution in [3.8, 4) is 0 Å². The van der Waals surface area contributed by atoms with Gasteiger partial charge in [0.15, 0.2) is 6.66 Å². The van der Waals surface area contributed by atoms with Crippen LogP contribution in [0.15, 0.2) is 24.3 Å². The zero-order valence-electron chi connectivity index (χ0n) is 16.2. The number of rotatable bonds is 8. The van der Waals surface area contributed by atoms with E-state index in [1.807, 2.05) is 0 Å². The third kappa shape index (κ3) is 9.18. The maximum atomic E-state index is 12.2. The average Bonchev–Trinajstić information content (AvgIpc) is 2.53. The highest BCUT2D eigenvalue weighted by Crippen LogP contribution is 2.23. The fourth-order valence-electron chi connectivity index (χ4n) is 1.99. The van der Waals surface area contributed by atoms with Crippen molar-refractivity contribution in [1.82, 2.24) is 5.32 Å². The average molecular weight is 419 g/mol. The fourth-order valence-corrected chi connectivity index (χ4v) is 2.48. The quantitative estimate of drug-likeness (QED) is 0.369. The number of nitrogens with one attached hydrogen (secondary N) is 1. The second-order valence-electron chi connectivity index (χ2n) is 6.94. The molecule has 7 nitrogen and oxygen atoms in total. The number of carbonyl (C=O) groups is 2. The van der Waals surface area contributed by atoms with Crippen LogP contribution in [0.4, 0.5) is 4.79 Å². The van der Waals surface area contributed by atoms with E-state index in [1.165, 1.54) is 13.6 Å². The van der Waals surface area contributed by atoms with Gasteiger partial charge in [-0.3, -0.25) is 4.79 Å². The number of hydrogen-bond acceptors (Lipinski definition) is 6. The SMILES string of the molecule is CC(OC(=O)NC(CCO[P+](C)=O)c1ccc(Cl)cc1)OC(=O)C(C)(C)C. The molecule has 0 heterocycles. The van der Waals surface area contributed by atoms with Crippen molar-refractivity contribution >= 4 is 31.7 Å². The molecule has 1 amide bonds. The van der Waals surface area contributed by atoms with Gasteiger partial charge in [-0.25, -0.2) is 4.79 Å². The van der Waals surface area contributed by atoms with E-state index in [0.717, 1.165) is 5.56 Å². The third-order valence-corrected chi connectivity index (χ3v) is 4.20. The normalized spacial score (nSPS) is 14.1. The monoisotopic (exact) mass is 418 g/mol. The molecule has 3 unspecified atom stereocenters. The van der Waals surface area contributed by atoms with Gasteiger partial charge >= 0.3 is 20.1 Å². The van der Waals surface area contributed by atoms with E-state index < -0.39 is 37.8 Å². The van der Waals surface area contributed by atoms with Crippen LogP contribution in [0.1, 0.15) is 45.7 Å². The van der Waals surface area contributed by atoms with Crippen molar-refractivity contribution in [2.45, 2.75) is 46.4 Å². The molecule has 1 N–H and O–H groups in total. The summed E-state index contributed by atoms with van der Waals surface area (Å²) in [6, 6.07) is 6.48. The lowest BCUT2D eigenvalue weighted by Gasteiger charge is -2.22. The maximum Gasteiger partial charge on any atom is 0.504 e. The predicted octanol–water partition coefficient (Wildman–Crippen LogP) is 4.82. The lowest BCUT2D eigenvalue weighted by atomic mass is 9.97. The van der Waals surface area contributed by atoms with Crippen LogP contribution in [0, 0.1) is 5.41 Å². The Morgan fingerprint density at radius 1 is 1.19 bits per heavy atom. The number of esters is 1. The highest BCUT2D eigenvalue weighted by molar-refractivity contribution is 7.38. The minimum absolute atomic E-state index is 0.188. The summed E-state index contributed by atoms with van der Waals surface area (Å²) in [7, 11) is -1.73. The smallest absolute Gasteiger partial charge is 0.425 e. The second-order valence-corrected chi connectivity index (χ2v) is 8.51. The topological polar surface area (TPSA) is 90.9 Å². The summed E-state index contributed by atoms with van der Waals surface area (Å²) in [5.41, 5.74) is 0.0827. The molecule has 150 valence electrons. The van der Waals surface area contributed by atoms with Gasteiger partial charge in [0.1, 0.15) is 6.61 Å². The summed E-state index contributed by atoms with van der Waals surface area (Å²) >= 11 is 5.90. The van der Waals surface area contributed by atoms with Crippen LogP contribution in [-0.2, 0) is 23.4 Å². The Bertz CT molecular complexity index is 659. The number of benzene rings is 1. The largest absolute Gasteiger partial charge is 0.504 e. The number of amides is 1. The van der Waals surface area contributed by atoms with Crippen molar-refractivity contribution in [2.24, 2.45) is 5.41 Å². The number of halogens is 1. The van der Waals surface area contributed by atoms with E-state index in [0.29, 0.717) is 11.4 Å². The van der Waals surface area contributed by atoms with Gasteiger partial charge in [-0.2, -0.15) is 0 Å². The molecule has 1 rings (SSSR count). The Labute approximate surface area is 165 Å². The lowest BCUT2D eigenvalue weighted by molar-refractivity contribution is -0.174. The molecule has 3 atom stereocenters. The molecular weight excluding hydrogens is 393 g/mol. The van der Waals surface area contributed by atoms with Crippen molar-refractivity contribution < 1.29 is 28.2 Å². The van der Waals surface area contributed by atoms with Gasteiger partial charge in [0.05, 0.1) is 11.5 Å². The van der Waals surface area contributed by atoms with Gasteiger partial charge in [0, 0.05) is 18.4 Å². The van der Waals surface area contributed by atoms with Crippen LogP contribution in [0.3, 0.4) is 0 Å². The fraction of sp³-hybridized carbons (Fsp3) is 0.556. The number of ether oxygens (including phenoxy) is 2. The van der Waals surface area contributed by atoms with Crippen LogP contribution < -0.4 is 5.32 Å². The zero-order valence-corrected chi connectivity index (χ0v) is 17.8. The minimum Gasteiger partial charge on any atom is -0.425 e.